The van der Waals surface area contributed by atoms with Gasteiger partial charge in [0, 0.05) is 6.61 Å². The van der Waals surface area contributed by atoms with Gasteiger partial charge in [-0.1, -0.05) is 17.7 Å². The van der Waals surface area contributed by atoms with Gasteiger partial charge in [0.2, 0.25) is 5.91 Å². The topological polar surface area (TPSA) is 94.1 Å². The summed E-state index contributed by atoms with van der Waals surface area (Å²) in [7, 11) is 1.46. The monoisotopic (exact) mass is 359 g/mol. The lowest BCUT2D eigenvalue weighted by molar-refractivity contribution is -0.144. The second-order valence-electron chi connectivity index (χ2n) is 4.88. The van der Waals surface area contributed by atoms with E-state index in [-0.39, 0.29) is 11.6 Å². The van der Waals surface area contributed by atoms with Gasteiger partial charge in [-0.2, -0.15) is 0 Å². The van der Waals surface area contributed by atoms with E-state index in [2.05, 4.69) is 5.32 Å². The lowest BCUT2D eigenvalue weighted by Crippen LogP contribution is -2.40. The molecule has 1 aromatic rings. The van der Waals surface area contributed by atoms with Crippen LogP contribution in [0.3, 0.4) is 0 Å². The van der Waals surface area contributed by atoms with Crippen molar-refractivity contribution >= 4 is 23.5 Å². The van der Waals surface area contributed by atoms with Crippen molar-refractivity contribution in [2.75, 3.05) is 26.9 Å². The number of amides is 1. The Hall–Kier alpha value is -1.83. The number of rotatable bonds is 10. The van der Waals surface area contributed by atoms with E-state index in [1.165, 1.54) is 19.2 Å². The number of carboxylic acids is 1. The first-order chi connectivity index (χ1) is 11.4. The van der Waals surface area contributed by atoms with Gasteiger partial charge in [-0.25, -0.2) is 4.79 Å². The zero-order chi connectivity index (χ0) is 18.1. The molecule has 7 nitrogen and oxygen atoms in total. The largest absolute Gasteiger partial charge is 0.495 e. The molecule has 0 spiro atoms. The van der Waals surface area contributed by atoms with Crippen LogP contribution in [0, 0.1) is 0 Å². The fourth-order valence-electron chi connectivity index (χ4n) is 1.91. The van der Waals surface area contributed by atoms with Gasteiger partial charge in [0.15, 0.2) is 6.04 Å². The fourth-order valence-corrected chi connectivity index (χ4v) is 2.18. The Bertz CT molecular complexity index is 565. The molecule has 0 bridgehead atoms. The smallest absolute Gasteiger partial charge is 0.330 e. The summed E-state index contributed by atoms with van der Waals surface area (Å²) < 4.78 is 15.4. The average molecular weight is 360 g/mol. The minimum Gasteiger partial charge on any atom is -0.495 e. The van der Waals surface area contributed by atoms with E-state index in [1.807, 2.05) is 6.92 Å². The molecule has 0 saturated carbocycles. The number of benzene rings is 1. The quantitative estimate of drug-likeness (QED) is 0.621. The van der Waals surface area contributed by atoms with Gasteiger partial charge in [-0.15, -0.1) is 0 Å². The number of hydrogen-bond acceptors (Lipinski definition) is 5. The molecule has 24 heavy (non-hydrogen) atoms. The predicted molar refractivity (Wildman–Crippen MR) is 88.4 cm³/mol. The summed E-state index contributed by atoms with van der Waals surface area (Å²) in [5.74, 6) is -1.32. The third-order valence-electron chi connectivity index (χ3n) is 3.21. The van der Waals surface area contributed by atoms with Crippen molar-refractivity contribution < 1.29 is 28.9 Å². The van der Waals surface area contributed by atoms with E-state index >= 15 is 0 Å². The van der Waals surface area contributed by atoms with Crippen molar-refractivity contribution in [3.05, 3.63) is 28.8 Å². The molecule has 1 rings (SSSR count). The summed E-state index contributed by atoms with van der Waals surface area (Å²) >= 11 is 6.01. The molecule has 0 aromatic heterocycles. The number of carbonyl (C=O) groups excluding carboxylic acids is 1. The molecule has 1 aromatic carbocycles. The minimum absolute atomic E-state index is 0.245. The normalized spacial score (nSPS) is 13.2. The van der Waals surface area contributed by atoms with Crippen molar-refractivity contribution in [3.8, 4) is 5.75 Å². The van der Waals surface area contributed by atoms with E-state index in [4.69, 9.17) is 25.8 Å². The van der Waals surface area contributed by atoms with Crippen LogP contribution in [0.15, 0.2) is 18.2 Å². The predicted octanol–water partition coefficient (Wildman–Crippen LogP) is 2.03. The fraction of sp³-hybridized carbons (Fsp3) is 0.500. The molecule has 2 atom stereocenters. The van der Waals surface area contributed by atoms with Crippen LogP contribution in [0.4, 0.5) is 0 Å². The molecule has 2 unspecified atom stereocenters. The Balaban J connectivity index is 2.73. The van der Waals surface area contributed by atoms with Crippen LogP contribution < -0.4 is 10.1 Å². The molecular weight excluding hydrogens is 338 g/mol. The first kappa shape index (κ1) is 20.2. The third-order valence-corrected chi connectivity index (χ3v) is 3.51. The van der Waals surface area contributed by atoms with Gasteiger partial charge in [-0.05, 0) is 31.5 Å². The summed E-state index contributed by atoms with van der Waals surface area (Å²) in [6.45, 7) is 4.57. The number of nitrogens with one attached hydrogen (secondary N) is 1. The highest BCUT2D eigenvalue weighted by atomic mass is 35.5. The minimum atomic E-state index is -1.24. The summed E-state index contributed by atoms with van der Waals surface area (Å²) in [6, 6.07) is 3.28. The third kappa shape index (κ3) is 5.99. The first-order valence-corrected chi connectivity index (χ1v) is 7.84. The molecule has 0 fully saturated rings. The summed E-state index contributed by atoms with van der Waals surface area (Å²) in [4.78, 5) is 23.6. The standard InChI is InChI=1S/C16H22ClNO6/c1-4-23-7-8-24-10(2)15(19)18-14(16(20)21)11-5-6-13(22-3)12(17)9-11/h5-6,9-10,14H,4,7-8H2,1-3H3,(H,18,19)(H,20,21). The maximum absolute atomic E-state index is 12.1. The molecule has 0 aliphatic carbocycles. The van der Waals surface area contributed by atoms with Gasteiger partial charge in [-0.3, -0.25) is 4.79 Å². The van der Waals surface area contributed by atoms with Crippen LogP contribution in [-0.4, -0.2) is 50.0 Å². The van der Waals surface area contributed by atoms with Crippen LogP contribution in [0.25, 0.3) is 0 Å². The van der Waals surface area contributed by atoms with Crippen molar-refractivity contribution in [2.45, 2.75) is 26.0 Å². The summed E-state index contributed by atoms with van der Waals surface area (Å²) in [5.41, 5.74) is 0.336. The number of ether oxygens (including phenoxy) is 3. The van der Waals surface area contributed by atoms with Crippen LogP contribution >= 0.6 is 11.6 Å². The Morgan fingerprint density at radius 2 is 2.04 bits per heavy atom. The zero-order valence-electron chi connectivity index (χ0n) is 13.9. The molecule has 0 radical (unpaired) electrons. The molecule has 0 aliphatic rings. The summed E-state index contributed by atoms with van der Waals surface area (Å²) in [6.07, 6.45) is -0.805. The van der Waals surface area contributed by atoms with Crippen molar-refractivity contribution in [3.63, 3.8) is 0 Å². The second-order valence-corrected chi connectivity index (χ2v) is 5.29. The van der Waals surface area contributed by atoms with Gasteiger partial charge >= 0.3 is 5.97 Å². The van der Waals surface area contributed by atoms with Gasteiger partial charge < -0.3 is 24.6 Å². The number of halogens is 1. The number of aliphatic carboxylic acids is 1. The van der Waals surface area contributed by atoms with Crippen LogP contribution in [0.5, 0.6) is 5.75 Å². The molecule has 0 aliphatic heterocycles. The van der Waals surface area contributed by atoms with Gasteiger partial charge in [0.25, 0.3) is 0 Å². The SMILES string of the molecule is CCOCCOC(C)C(=O)NC(C(=O)O)c1ccc(OC)c(Cl)c1. The molecule has 0 saturated heterocycles. The number of hydrogen-bond donors (Lipinski definition) is 2. The van der Waals surface area contributed by atoms with E-state index in [9.17, 15) is 14.7 Å². The Kier molecular flexibility index (Phi) is 8.53. The molecule has 134 valence electrons. The Labute approximate surface area is 145 Å². The highest BCUT2D eigenvalue weighted by Gasteiger charge is 2.25. The molecule has 2 N–H and O–H groups in total. The lowest BCUT2D eigenvalue weighted by Gasteiger charge is -2.19. The van der Waals surface area contributed by atoms with E-state index in [0.29, 0.717) is 24.5 Å². The van der Waals surface area contributed by atoms with Crippen LogP contribution in [-0.2, 0) is 19.1 Å². The van der Waals surface area contributed by atoms with Crippen molar-refractivity contribution in [1.29, 1.82) is 0 Å². The average Bonchev–Trinajstić information content (AvgIpc) is 2.55. The number of carbonyl (C=O) groups is 2. The number of carboxylic acid groups (broad SMARTS) is 1. The maximum Gasteiger partial charge on any atom is 0.330 e. The van der Waals surface area contributed by atoms with Gasteiger partial charge in [0.1, 0.15) is 11.9 Å². The zero-order valence-corrected chi connectivity index (χ0v) is 14.6. The maximum atomic E-state index is 12.1. The highest BCUT2D eigenvalue weighted by molar-refractivity contribution is 6.32. The van der Waals surface area contributed by atoms with Crippen LogP contribution in [0.1, 0.15) is 25.5 Å². The Morgan fingerprint density at radius 3 is 2.58 bits per heavy atom. The second kappa shape index (κ2) is 10.1. The van der Waals surface area contributed by atoms with E-state index in [1.54, 1.807) is 13.0 Å². The molecule has 1 amide bonds. The first-order valence-electron chi connectivity index (χ1n) is 7.46. The summed E-state index contributed by atoms with van der Waals surface area (Å²) in [5, 5.41) is 12.1. The van der Waals surface area contributed by atoms with Crippen molar-refractivity contribution in [1.82, 2.24) is 5.32 Å². The molecule has 8 heteroatoms. The van der Waals surface area contributed by atoms with E-state index in [0.717, 1.165) is 0 Å². The number of methoxy groups -OCH3 is 1. The Morgan fingerprint density at radius 1 is 1.33 bits per heavy atom. The van der Waals surface area contributed by atoms with Crippen LogP contribution in [0.2, 0.25) is 5.02 Å². The lowest BCUT2D eigenvalue weighted by atomic mass is 10.1. The van der Waals surface area contributed by atoms with E-state index < -0.39 is 24.0 Å². The van der Waals surface area contributed by atoms with Crippen molar-refractivity contribution in [2.24, 2.45) is 0 Å². The molecule has 0 heterocycles. The molecular formula is C16H22ClNO6. The highest BCUT2D eigenvalue weighted by Crippen LogP contribution is 2.27. The van der Waals surface area contributed by atoms with Gasteiger partial charge in [0.05, 0.1) is 25.3 Å².